The summed E-state index contributed by atoms with van der Waals surface area (Å²) in [6, 6.07) is 8.60. The van der Waals surface area contributed by atoms with Gasteiger partial charge in [-0.15, -0.1) is 0 Å². The van der Waals surface area contributed by atoms with E-state index in [9.17, 15) is 67.8 Å². The Morgan fingerprint density at radius 1 is 0.849 bits per heavy atom. The van der Waals surface area contributed by atoms with Crippen LogP contribution < -0.4 is 16.4 Å². The molecule has 0 spiro atoms. The van der Waals surface area contributed by atoms with E-state index in [-0.39, 0.29) is 54.1 Å². The van der Waals surface area contributed by atoms with Crippen molar-refractivity contribution in [2.75, 3.05) is 32.0 Å². The van der Waals surface area contributed by atoms with Gasteiger partial charge < -0.3 is 56.0 Å². The Morgan fingerprint density at radius 2 is 1.44 bits per heavy atom. The highest BCUT2D eigenvalue weighted by molar-refractivity contribution is 7.61. The lowest BCUT2D eigenvalue weighted by atomic mass is 9.87. The fraction of sp³-hybridized carbons (Fsp3) is 0.659. The molecule has 2 aromatic heterocycles. The van der Waals surface area contributed by atoms with Gasteiger partial charge in [0.15, 0.2) is 17.7 Å². The first-order valence-corrected chi connectivity index (χ1v) is 28.5. The number of rotatable bonds is 32. The van der Waals surface area contributed by atoms with Crippen molar-refractivity contribution >= 4 is 64.0 Å². The van der Waals surface area contributed by atoms with Gasteiger partial charge in [0.25, 0.3) is 0 Å². The van der Waals surface area contributed by atoms with Gasteiger partial charge in [-0.2, -0.15) is 4.31 Å². The van der Waals surface area contributed by atoms with E-state index < -0.39 is 95.9 Å². The van der Waals surface area contributed by atoms with Gasteiger partial charge in [-0.3, -0.25) is 37.3 Å². The number of aromatic nitrogens is 4. The Hall–Kier alpha value is -4.10. The van der Waals surface area contributed by atoms with E-state index in [1.807, 2.05) is 0 Å². The van der Waals surface area contributed by atoms with Crippen LogP contribution in [0, 0.1) is 16.2 Å². The predicted octanol–water partition coefficient (Wildman–Crippen LogP) is 3.53. The van der Waals surface area contributed by atoms with E-state index in [0.29, 0.717) is 0 Å². The van der Waals surface area contributed by atoms with Crippen molar-refractivity contribution in [2.45, 2.75) is 141 Å². The SMILES string of the molecule is CC(C)(COP(=O)(O)OP(=O)(O)OCC1OC(n2cnc3c(N)ncnc32)C(O)C1OP(=O)(O)O)C(O)C(=O)NCCC(=O)NCCC(=O)C1(CCCCc2ccc(CCCCCC3(C(=O)O)CC3)cc2)CC1. The van der Waals surface area contributed by atoms with Crippen molar-refractivity contribution in [3.05, 3.63) is 48.0 Å². The topological polar surface area (TPSA) is 401 Å². The lowest BCUT2D eigenvalue weighted by Gasteiger charge is -2.30. The minimum Gasteiger partial charge on any atom is -0.481 e. The fourth-order valence-electron chi connectivity index (χ4n) is 8.70. The highest BCUT2D eigenvalue weighted by Gasteiger charge is 2.51. The Bertz CT molecular complexity index is 2570. The zero-order valence-corrected chi connectivity index (χ0v) is 43.2. The minimum absolute atomic E-state index is 0.0270. The number of anilines is 1. The zero-order valence-electron chi connectivity index (χ0n) is 40.5. The number of carbonyl (C=O) groups excluding carboxylic acids is 3. The number of carboxylic acids is 1. The molecule has 29 heteroatoms. The number of carboxylic acid groups (broad SMARTS) is 1. The van der Waals surface area contributed by atoms with Crippen LogP contribution >= 0.6 is 23.5 Å². The third-order valence-electron chi connectivity index (χ3n) is 13.5. The second-order valence-electron chi connectivity index (χ2n) is 19.7. The summed E-state index contributed by atoms with van der Waals surface area (Å²) in [5, 5.41) is 36.1. The van der Waals surface area contributed by atoms with Gasteiger partial charge in [0.1, 0.15) is 42.0 Å². The Labute approximate surface area is 420 Å². The number of nitrogens with one attached hydrogen (secondary N) is 2. The number of aliphatic hydroxyl groups is 2. The molecule has 0 radical (unpaired) electrons. The van der Waals surface area contributed by atoms with Crippen LogP contribution in [0.3, 0.4) is 0 Å². The standard InChI is InChI=1S/C44H66N7O19P3/c1-42(2,25-67-73(64,65)70-72(62,63)66-24-30-35(69-71(59,60)61)34(54)40(68-30)51-27-50-33-37(45)48-26-49-38(33)51)36(55)39(56)47-23-15-32(53)46-22-14-31(52)43(18-19-43)16-7-5-9-29-12-10-28(11-13-29)8-4-3-6-17-44(20-21-44)41(57)58/h10-13,26-27,30,34-36,40,54-55H,3-9,14-25H2,1-2H3,(H,46,53)(H,47,56)(H,57,58)(H,62,63)(H,64,65)(H2,45,48,49)(H2,59,60,61). The summed E-state index contributed by atoms with van der Waals surface area (Å²) in [4.78, 5) is 101. The van der Waals surface area contributed by atoms with Crippen molar-refractivity contribution in [1.82, 2.24) is 30.2 Å². The van der Waals surface area contributed by atoms with Crippen LogP contribution in [-0.4, -0.2) is 129 Å². The number of imidazole rings is 1. The number of carbonyl (C=O) groups is 4. The van der Waals surface area contributed by atoms with E-state index >= 15 is 0 Å². The highest BCUT2D eigenvalue weighted by Crippen LogP contribution is 2.61. The molecule has 2 aliphatic carbocycles. The maximum atomic E-state index is 13.1. The quantitative estimate of drug-likeness (QED) is 0.0316. The maximum absolute atomic E-state index is 13.1. The van der Waals surface area contributed by atoms with Crippen molar-refractivity contribution in [2.24, 2.45) is 16.2 Å². The summed E-state index contributed by atoms with van der Waals surface area (Å²) in [6.45, 7) is 0.379. The lowest BCUT2D eigenvalue weighted by Crippen LogP contribution is -2.46. The molecule has 1 saturated heterocycles. The molecule has 3 aromatic rings. The average Bonchev–Trinajstić information content (AvgIpc) is 4.23. The first-order chi connectivity index (χ1) is 34.2. The van der Waals surface area contributed by atoms with E-state index in [0.717, 1.165) is 101 Å². The van der Waals surface area contributed by atoms with Gasteiger partial charge in [-0.1, -0.05) is 57.4 Å². The third kappa shape index (κ3) is 16.4. The number of ether oxygens (including phenoxy) is 1. The van der Waals surface area contributed by atoms with E-state index in [1.165, 1.54) is 25.0 Å². The van der Waals surface area contributed by atoms with Crippen LogP contribution in [0.5, 0.6) is 0 Å². The number of aliphatic carboxylic acids is 1. The van der Waals surface area contributed by atoms with Crippen molar-refractivity contribution in [3.63, 3.8) is 0 Å². The number of aryl methyl sites for hydroxylation is 2. The smallest absolute Gasteiger partial charge is 0.481 e. The number of amides is 2. The summed E-state index contributed by atoms with van der Waals surface area (Å²) in [5.41, 5.74) is 5.96. The van der Waals surface area contributed by atoms with E-state index in [2.05, 4.69) is 58.7 Å². The Kier molecular flexibility index (Phi) is 19.3. The Morgan fingerprint density at radius 3 is 2.05 bits per heavy atom. The van der Waals surface area contributed by atoms with Crippen LogP contribution in [0.2, 0.25) is 0 Å². The molecular formula is C44H66N7O19P3. The zero-order chi connectivity index (χ0) is 53.4. The average molecular weight is 1090 g/mol. The molecule has 26 nitrogen and oxygen atoms in total. The number of fused-ring (bicyclic) bond motifs is 1. The van der Waals surface area contributed by atoms with Gasteiger partial charge in [-0.05, 0) is 75.3 Å². The number of nitrogen functional groups attached to an aromatic ring is 1. The van der Waals surface area contributed by atoms with Crippen molar-refractivity contribution < 1.29 is 90.4 Å². The monoisotopic (exact) mass is 1090 g/mol. The molecule has 6 rings (SSSR count). The predicted molar refractivity (Wildman–Crippen MR) is 256 cm³/mol. The summed E-state index contributed by atoms with van der Waals surface area (Å²) >= 11 is 0. The first kappa shape index (κ1) is 58.2. The molecule has 3 fully saturated rings. The van der Waals surface area contributed by atoms with Crippen LogP contribution in [0.25, 0.3) is 11.2 Å². The number of nitrogens with zero attached hydrogens (tertiary/aromatic N) is 4. The highest BCUT2D eigenvalue weighted by atomic mass is 31.3. The number of aliphatic hydroxyl groups excluding tert-OH is 2. The van der Waals surface area contributed by atoms with Crippen LogP contribution in [0.4, 0.5) is 5.82 Å². The van der Waals surface area contributed by atoms with Crippen LogP contribution in [-0.2, 0) is 68.3 Å². The van der Waals surface area contributed by atoms with Gasteiger partial charge in [-0.25, -0.2) is 28.6 Å². The molecule has 3 heterocycles. The summed E-state index contributed by atoms with van der Waals surface area (Å²) < 4.78 is 62.6. The van der Waals surface area contributed by atoms with Crippen molar-refractivity contribution in [1.29, 1.82) is 0 Å². The molecule has 2 amide bonds. The van der Waals surface area contributed by atoms with E-state index in [4.69, 9.17) is 19.5 Å². The van der Waals surface area contributed by atoms with Gasteiger partial charge in [0, 0.05) is 36.8 Å². The third-order valence-corrected chi connectivity index (χ3v) is 16.6. The van der Waals surface area contributed by atoms with Gasteiger partial charge in [0.05, 0.1) is 25.0 Å². The van der Waals surface area contributed by atoms with Crippen LogP contribution in [0.15, 0.2) is 36.9 Å². The van der Waals surface area contributed by atoms with Crippen molar-refractivity contribution in [3.8, 4) is 0 Å². The molecule has 73 heavy (non-hydrogen) atoms. The number of benzene rings is 1. The van der Waals surface area contributed by atoms with Gasteiger partial charge in [0.2, 0.25) is 11.8 Å². The Balaban J connectivity index is 0.839. The number of phosphoric ester groups is 3. The molecule has 0 bridgehead atoms. The fourth-order valence-corrected chi connectivity index (χ4v) is 11.5. The number of phosphoric acid groups is 3. The molecule has 406 valence electrons. The maximum Gasteiger partial charge on any atom is 0.481 e. The molecule has 7 unspecified atom stereocenters. The van der Waals surface area contributed by atoms with Crippen LogP contribution in [0.1, 0.15) is 115 Å². The number of hydrogen-bond acceptors (Lipinski definition) is 18. The molecular weight excluding hydrogens is 1020 g/mol. The number of ketones is 1. The normalized spacial score (nSPS) is 22.2. The minimum atomic E-state index is -5.59. The van der Waals surface area contributed by atoms with E-state index in [1.54, 1.807) is 0 Å². The number of Topliss-reactive ketones (excluding diaryl/α,β-unsaturated/α-hetero) is 1. The number of unbranched alkanes of at least 4 members (excludes halogenated alkanes) is 3. The molecule has 1 aliphatic heterocycles. The second-order valence-corrected chi connectivity index (χ2v) is 23.9. The molecule has 1 aromatic carbocycles. The molecule has 2 saturated carbocycles. The summed E-state index contributed by atoms with van der Waals surface area (Å²) in [5.74, 6) is -2.04. The molecule has 7 atom stereocenters. The summed E-state index contributed by atoms with van der Waals surface area (Å²) in [7, 11) is -16.5. The lowest BCUT2D eigenvalue weighted by molar-refractivity contribution is -0.143. The number of nitrogens with two attached hydrogens (primary N) is 1. The number of hydrogen-bond donors (Lipinski definition) is 10. The molecule has 3 aliphatic rings. The van der Waals surface area contributed by atoms with Gasteiger partial charge >= 0.3 is 29.4 Å². The largest absolute Gasteiger partial charge is 0.481 e. The summed E-state index contributed by atoms with van der Waals surface area (Å²) in [6.07, 6.45) is 4.65. The first-order valence-electron chi connectivity index (χ1n) is 24.0. The molecule has 11 N–H and O–H groups in total. The second kappa shape index (κ2) is 24.3.